The minimum atomic E-state index is -0.528. The minimum absolute atomic E-state index is 0.112. The zero-order chi connectivity index (χ0) is 20.9. The topological polar surface area (TPSA) is 117 Å². The molecule has 3 aromatic rings. The summed E-state index contributed by atoms with van der Waals surface area (Å²) in [6.07, 6.45) is 1.69. The lowest BCUT2D eigenvalue weighted by Crippen LogP contribution is -2.49. The fraction of sp³-hybridized carbons (Fsp3) is 0.200. The number of aromatic nitrogens is 3. The first-order chi connectivity index (χ1) is 14.6. The van der Waals surface area contributed by atoms with Crippen LogP contribution in [0.25, 0.3) is 0 Å². The predicted octanol–water partition coefficient (Wildman–Crippen LogP) is 2.49. The number of rotatable bonds is 5. The molecule has 4 rings (SSSR count). The molecular formula is C20H19N7O3. The molecule has 30 heavy (non-hydrogen) atoms. The molecule has 0 spiro atoms. The maximum absolute atomic E-state index is 12.7. The van der Waals surface area contributed by atoms with Gasteiger partial charge in [0.25, 0.3) is 11.6 Å². The van der Waals surface area contributed by atoms with Crippen LogP contribution < -0.4 is 10.2 Å². The van der Waals surface area contributed by atoms with Gasteiger partial charge in [0.1, 0.15) is 11.4 Å². The van der Waals surface area contributed by atoms with Crippen molar-refractivity contribution in [1.82, 2.24) is 20.1 Å². The monoisotopic (exact) mass is 405 g/mol. The smallest absolute Gasteiger partial charge is 0.282 e. The lowest BCUT2D eigenvalue weighted by atomic mass is 10.1. The summed E-state index contributed by atoms with van der Waals surface area (Å²) in [4.78, 5) is 31.3. The van der Waals surface area contributed by atoms with Crippen molar-refractivity contribution in [2.45, 2.75) is 0 Å². The van der Waals surface area contributed by atoms with Gasteiger partial charge in [0.05, 0.1) is 4.92 Å². The van der Waals surface area contributed by atoms with E-state index in [1.807, 2.05) is 35.2 Å². The molecule has 1 aliphatic heterocycles. The summed E-state index contributed by atoms with van der Waals surface area (Å²) in [5.74, 6) is 1.65. The first kappa shape index (κ1) is 19.2. The standard InChI is InChI=1S/C20H19N7O3/c28-20(15-5-1-2-6-16(15)27(29)30)26-13-11-25(12-14-26)19-9-8-18(23-24-19)22-17-7-3-4-10-21-17/h1-10H,11-14H2,(H,21,22,23). The molecule has 1 fully saturated rings. The Morgan fingerprint density at radius 2 is 1.70 bits per heavy atom. The number of pyridine rings is 1. The largest absolute Gasteiger partial charge is 0.352 e. The highest BCUT2D eigenvalue weighted by molar-refractivity contribution is 5.98. The van der Waals surface area contributed by atoms with E-state index in [0.717, 1.165) is 0 Å². The average molecular weight is 405 g/mol. The van der Waals surface area contributed by atoms with Crippen molar-refractivity contribution in [1.29, 1.82) is 0 Å². The van der Waals surface area contributed by atoms with Crippen LogP contribution in [0.3, 0.4) is 0 Å². The van der Waals surface area contributed by atoms with E-state index in [2.05, 4.69) is 20.5 Å². The third-order valence-electron chi connectivity index (χ3n) is 4.79. The molecule has 1 amide bonds. The van der Waals surface area contributed by atoms with Crippen molar-refractivity contribution >= 4 is 29.0 Å². The zero-order valence-electron chi connectivity index (χ0n) is 16.0. The number of nitrogens with one attached hydrogen (secondary N) is 1. The summed E-state index contributed by atoms with van der Waals surface area (Å²) >= 11 is 0. The summed E-state index contributed by atoms with van der Waals surface area (Å²) in [5.41, 5.74) is -0.0625. The molecule has 152 valence electrons. The SMILES string of the molecule is O=C(c1ccccc1[N+](=O)[O-])N1CCN(c2ccc(Nc3ccccn3)nn2)CC1. The van der Waals surface area contributed by atoms with Crippen molar-refractivity contribution in [3.63, 3.8) is 0 Å². The fourth-order valence-electron chi connectivity index (χ4n) is 3.25. The second-order valence-electron chi connectivity index (χ2n) is 6.67. The maximum Gasteiger partial charge on any atom is 0.282 e. The van der Waals surface area contributed by atoms with Crippen LogP contribution in [-0.4, -0.2) is 57.1 Å². The van der Waals surface area contributed by atoms with Gasteiger partial charge in [0.15, 0.2) is 11.6 Å². The van der Waals surface area contributed by atoms with E-state index in [-0.39, 0.29) is 17.2 Å². The molecule has 0 saturated carbocycles. The lowest BCUT2D eigenvalue weighted by molar-refractivity contribution is -0.385. The normalized spacial score (nSPS) is 13.7. The Morgan fingerprint density at radius 1 is 0.933 bits per heavy atom. The number of hydrogen-bond donors (Lipinski definition) is 1. The molecule has 1 N–H and O–H groups in total. The summed E-state index contributed by atoms with van der Waals surface area (Å²) in [6, 6.07) is 15.3. The molecular weight excluding hydrogens is 386 g/mol. The van der Waals surface area contributed by atoms with Crippen LogP contribution >= 0.6 is 0 Å². The second-order valence-corrected chi connectivity index (χ2v) is 6.67. The Morgan fingerprint density at radius 3 is 2.37 bits per heavy atom. The zero-order valence-corrected chi connectivity index (χ0v) is 16.0. The van der Waals surface area contributed by atoms with Crippen LogP contribution in [0, 0.1) is 10.1 Å². The number of nitro benzene ring substituents is 1. The summed E-state index contributed by atoms with van der Waals surface area (Å²) in [5, 5.41) is 22.7. The lowest BCUT2D eigenvalue weighted by Gasteiger charge is -2.35. The molecule has 0 unspecified atom stereocenters. The van der Waals surface area contributed by atoms with Crippen LogP contribution in [-0.2, 0) is 0 Å². The molecule has 10 heteroatoms. The van der Waals surface area contributed by atoms with Crippen LogP contribution in [0.4, 0.5) is 23.1 Å². The molecule has 1 aromatic carbocycles. The highest BCUT2D eigenvalue weighted by Gasteiger charge is 2.27. The van der Waals surface area contributed by atoms with E-state index < -0.39 is 4.92 Å². The third-order valence-corrected chi connectivity index (χ3v) is 4.79. The van der Waals surface area contributed by atoms with Gasteiger partial charge >= 0.3 is 0 Å². The summed E-state index contributed by atoms with van der Waals surface area (Å²) < 4.78 is 0. The Balaban J connectivity index is 1.38. The number of piperazine rings is 1. The van der Waals surface area contributed by atoms with Gasteiger partial charge < -0.3 is 15.1 Å². The van der Waals surface area contributed by atoms with Gasteiger partial charge in [-0.2, -0.15) is 0 Å². The maximum atomic E-state index is 12.7. The van der Waals surface area contributed by atoms with Crippen molar-refractivity contribution in [3.05, 3.63) is 76.5 Å². The molecule has 2 aromatic heterocycles. The van der Waals surface area contributed by atoms with Crippen molar-refractivity contribution in [3.8, 4) is 0 Å². The highest BCUT2D eigenvalue weighted by Crippen LogP contribution is 2.21. The molecule has 0 bridgehead atoms. The van der Waals surface area contributed by atoms with Crippen molar-refractivity contribution in [2.75, 3.05) is 36.4 Å². The Kier molecular flexibility index (Phi) is 5.46. The fourth-order valence-corrected chi connectivity index (χ4v) is 3.25. The first-order valence-corrected chi connectivity index (χ1v) is 9.41. The second kappa shape index (κ2) is 8.52. The molecule has 1 aliphatic rings. The van der Waals surface area contributed by atoms with Gasteiger partial charge in [0.2, 0.25) is 0 Å². The number of carbonyl (C=O) groups is 1. The van der Waals surface area contributed by atoms with Crippen LogP contribution in [0.5, 0.6) is 0 Å². The number of nitro groups is 1. The van der Waals surface area contributed by atoms with Crippen LogP contribution in [0.1, 0.15) is 10.4 Å². The number of carbonyl (C=O) groups excluding carboxylic acids is 1. The number of benzene rings is 1. The Bertz CT molecular complexity index is 1040. The molecule has 10 nitrogen and oxygen atoms in total. The van der Waals surface area contributed by atoms with Crippen molar-refractivity contribution in [2.24, 2.45) is 0 Å². The number of hydrogen-bond acceptors (Lipinski definition) is 8. The predicted molar refractivity (Wildman–Crippen MR) is 111 cm³/mol. The van der Waals surface area contributed by atoms with Crippen LogP contribution in [0.2, 0.25) is 0 Å². The van der Waals surface area contributed by atoms with E-state index in [0.29, 0.717) is 43.6 Å². The quantitative estimate of drug-likeness (QED) is 0.508. The molecule has 0 aliphatic carbocycles. The number of para-hydroxylation sites is 1. The Hall–Kier alpha value is -4.08. The molecule has 0 atom stereocenters. The van der Waals surface area contributed by atoms with Gasteiger partial charge in [0, 0.05) is 38.4 Å². The van der Waals surface area contributed by atoms with E-state index in [1.165, 1.54) is 12.1 Å². The third kappa shape index (κ3) is 4.17. The Labute approximate surface area is 172 Å². The molecule has 0 radical (unpaired) electrons. The van der Waals surface area contributed by atoms with E-state index >= 15 is 0 Å². The van der Waals surface area contributed by atoms with Gasteiger partial charge in [-0.1, -0.05) is 18.2 Å². The van der Waals surface area contributed by atoms with E-state index in [9.17, 15) is 14.9 Å². The first-order valence-electron chi connectivity index (χ1n) is 9.41. The molecule has 3 heterocycles. The molecule has 1 saturated heterocycles. The summed E-state index contributed by atoms with van der Waals surface area (Å²) in [7, 11) is 0. The number of nitrogens with zero attached hydrogens (tertiary/aromatic N) is 6. The van der Waals surface area contributed by atoms with Gasteiger partial charge in [-0.05, 0) is 30.3 Å². The van der Waals surface area contributed by atoms with Crippen LogP contribution in [0.15, 0.2) is 60.8 Å². The highest BCUT2D eigenvalue weighted by atomic mass is 16.6. The van der Waals surface area contributed by atoms with Gasteiger partial charge in [-0.3, -0.25) is 14.9 Å². The minimum Gasteiger partial charge on any atom is -0.352 e. The van der Waals surface area contributed by atoms with E-state index in [1.54, 1.807) is 23.2 Å². The average Bonchev–Trinajstić information content (AvgIpc) is 2.80. The summed E-state index contributed by atoms with van der Waals surface area (Å²) in [6.45, 7) is 2.02. The number of anilines is 3. The van der Waals surface area contributed by atoms with Gasteiger partial charge in [-0.25, -0.2) is 4.98 Å². The van der Waals surface area contributed by atoms with Crippen molar-refractivity contribution < 1.29 is 9.72 Å². The van der Waals surface area contributed by atoms with E-state index in [4.69, 9.17) is 0 Å². The van der Waals surface area contributed by atoms with Gasteiger partial charge in [-0.15, -0.1) is 10.2 Å². The number of amides is 1.